The Morgan fingerprint density at radius 3 is 2.09 bits per heavy atom. The third kappa shape index (κ3) is 10.4. The van der Waals surface area contributed by atoms with E-state index >= 15 is 0 Å². The van der Waals surface area contributed by atoms with Crippen molar-refractivity contribution in [3.63, 3.8) is 0 Å². The van der Waals surface area contributed by atoms with E-state index in [0.29, 0.717) is 0 Å². The van der Waals surface area contributed by atoms with Crippen molar-refractivity contribution in [3.8, 4) is 0 Å². The molecule has 0 aromatic heterocycles. The van der Waals surface area contributed by atoms with Crippen molar-refractivity contribution in [1.82, 2.24) is 0 Å². The van der Waals surface area contributed by atoms with E-state index in [4.69, 9.17) is 0 Å². The van der Waals surface area contributed by atoms with E-state index in [1.165, 1.54) is 11.1 Å². The Labute approximate surface area is 133 Å². The highest BCUT2D eigenvalue weighted by Gasteiger charge is 2.01. The van der Waals surface area contributed by atoms with Gasteiger partial charge in [-0.1, -0.05) is 81.6 Å². The van der Waals surface area contributed by atoms with Crippen LogP contribution in [0.1, 0.15) is 26.3 Å². The van der Waals surface area contributed by atoms with E-state index in [2.05, 4.69) is 42.2 Å². The van der Waals surface area contributed by atoms with Gasteiger partial charge in [0, 0.05) is 0 Å². The largest absolute Gasteiger partial charge is 0.464 e. The van der Waals surface area contributed by atoms with Gasteiger partial charge in [0.1, 0.15) is 0 Å². The maximum absolute atomic E-state index is 11.4. The summed E-state index contributed by atoms with van der Waals surface area (Å²) in [6, 6.07) is 10.3. The van der Waals surface area contributed by atoms with E-state index in [-0.39, 0.29) is 0 Å². The first-order chi connectivity index (χ1) is 10.6. The van der Waals surface area contributed by atoms with Gasteiger partial charge < -0.3 is 4.74 Å². The third-order valence-corrected chi connectivity index (χ3v) is 2.24. The first-order valence-electron chi connectivity index (χ1n) is 7.00. The molecule has 0 unspecified atom stereocenters. The molecule has 22 heavy (non-hydrogen) atoms. The van der Waals surface area contributed by atoms with E-state index in [1.54, 1.807) is 6.08 Å². The quantitative estimate of drug-likeness (QED) is 0.417. The molecule has 0 aliphatic heterocycles. The fourth-order valence-electron chi connectivity index (χ4n) is 1.27. The highest BCUT2D eigenvalue weighted by atomic mass is 19.1. The number of halogens is 1. The number of esters is 1. The second-order valence-corrected chi connectivity index (χ2v) is 3.60. The Kier molecular flexibility index (Phi) is 14.9. The van der Waals surface area contributed by atoms with Gasteiger partial charge in [-0.25, -0.2) is 4.79 Å². The van der Waals surface area contributed by atoms with Gasteiger partial charge in [-0.3, -0.25) is 0 Å². The molecule has 120 valence electrons. The molecule has 0 saturated heterocycles. The molecule has 0 radical (unpaired) electrons. The summed E-state index contributed by atoms with van der Waals surface area (Å²) in [7, 11) is 1.09. The molecule has 0 bridgehead atoms. The Bertz CT molecular complexity index is 499. The lowest BCUT2D eigenvalue weighted by Gasteiger charge is -1.99. The van der Waals surface area contributed by atoms with Gasteiger partial charge >= 0.3 is 5.97 Å². The zero-order chi connectivity index (χ0) is 17.4. The number of hydrogen-bond acceptors (Lipinski definition) is 2. The zero-order valence-corrected chi connectivity index (χ0v) is 13.8. The number of allylic oxidation sites excluding steroid dienone is 5. The van der Waals surface area contributed by atoms with Crippen LogP contribution in [0.15, 0.2) is 73.6 Å². The molecule has 0 spiro atoms. The molecule has 0 atom stereocenters. The van der Waals surface area contributed by atoms with Gasteiger partial charge in [-0.2, -0.15) is 4.39 Å². The van der Waals surface area contributed by atoms with Gasteiger partial charge in [0.2, 0.25) is 5.83 Å². The molecule has 0 saturated carbocycles. The second kappa shape index (κ2) is 15.0. The first kappa shape index (κ1) is 21.9. The lowest BCUT2D eigenvalue weighted by molar-refractivity contribution is -0.137. The minimum absolute atomic E-state index is 1.01. The number of methoxy groups -OCH3 is 1. The van der Waals surface area contributed by atoms with Crippen LogP contribution in [-0.2, 0) is 9.53 Å². The van der Waals surface area contributed by atoms with Crippen LogP contribution in [-0.4, -0.2) is 13.1 Å². The van der Waals surface area contributed by atoms with Crippen molar-refractivity contribution in [2.24, 2.45) is 0 Å². The highest BCUT2D eigenvalue weighted by molar-refractivity contribution is 5.84. The Balaban J connectivity index is 0. The molecule has 0 fully saturated rings. The standard InChI is InChI=1S/C13H14.C4H5FO2.C2H6/c1-3-5-9-12(4-2)13-10-7-6-8-11-13;1-3(5)4(6)7-2;1-2/h3-11H,1H2,2H3;1H2,2H3;1-2H3/b9-5-,12-4+;;. The van der Waals surface area contributed by atoms with Crippen LogP contribution in [0, 0.1) is 0 Å². The average molecular weight is 304 g/mol. The molecule has 1 rings (SSSR count). The molecule has 0 amide bonds. The van der Waals surface area contributed by atoms with E-state index in [9.17, 15) is 9.18 Å². The van der Waals surface area contributed by atoms with Crippen LogP contribution in [0.2, 0.25) is 0 Å². The summed E-state index contributed by atoms with van der Waals surface area (Å²) in [5.74, 6) is -2.08. The first-order valence-corrected chi connectivity index (χ1v) is 7.00. The highest BCUT2D eigenvalue weighted by Crippen LogP contribution is 2.14. The molecular weight excluding hydrogens is 279 g/mol. The smallest absolute Gasteiger partial charge is 0.366 e. The summed E-state index contributed by atoms with van der Waals surface area (Å²) < 4.78 is 15.3. The predicted molar refractivity (Wildman–Crippen MR) is 93.0 cm³/mol. The molecule has 2 nitrogen and oxygen atoms in total. The summed E-state index contributed by atoms with van der Waals surface area (Å²) in [5.41, 5.74) is 2.46. The number of benzene rings is 1. The van der Waals surface area contributed by atoms with Crippen LogP contribution in [0.4, 0.5) is 4.39 Å². The van der Waals surface area contributed by atoms with E-state index in [1.807, 2.05) is 45.0 Å². The SMILES string of the molecule is C=C(F)C(=O)OC.C=C/C=C\C(=C/C)c1ccccc1.CC. The van der Waals surface area contributed by atoms with E-state index < -0.39 is 11.8 Å². The Morgan fingerprint density at radius 1 is 1.23 bits per heavy atom. The molecule has 0 aliphatic rings. The fourth-order valence-corrected chi connectivity index (χ4v) is 1.27. The molecule has 0 N–H and O–H groups in total. The topological polar surface area (TPSA) is 26.3 Å². The van der Waals surface area contributed by atoms with Crippen LogP contribution >= 0.6 is 0 Å². The molecule has 1 aromatic carbocycles. The maximum atomic E-state index is 11.4. The lowest BCUT2D eigenvalue weighted by atomic mass is 10.1. The van der Waals surface area contributed by atoms with Crippen molar-refractivity contribution in [1.29, 1.82) is 0 Å². The van der Waals surface area contributed by atoms with Crippen LogP contribution in [0.25, 0.3) is 5.57 Å². The number of rotatable bonds is 4. The molecule has 0 aliphatic carbocycles. The number of carbonyl (C=O) groups excluding carboxylic acids is 1. The number of carbonyl (C=O) groups is 1. The average Bonchev–Trinajstić information content (AvgIpc) is 2.58. The molecule has 3 heteroatoms. The van der Waals surface area contributed by atoms with Gasteiger partial charge in [0.15, 0.2) is 0 Å². The summed E-state index contributed by atoms with van der Waals surface area (Å²) in [6.07, 6.45) is 7.88. The van der Waals surface area contributed by atoms with E-state index in [0.717, 1.165) is 7.11 Å². The summed E-state index contributed by atoms with van der Waals surface area (Å²) >= 11 is 0. The Hall–Kier alpha value is -2.42. The van der Waals surface area contributed by atoms with Gasteiger partial charge in [0.05, 0.1) is 7.11 Å². The minimum atomic E-state index is -1.07. The van der Waals surface area contributed by atoms with Crippen molar-refractivity contribution >= 4 is 11.5 Å². The summed E-state index contributed by atoms with van der Waals surface area (Å²) in [4.78, 5) is 9.81. The lowest BCUT2D eigenvalue weighted by Crippen LogP contribution is -1.97. The van der Waals surface area contributed by atoms with Crippen molar-refractivity contribution < 1.29 is 13.9 Å². The Morgan fingerprint density at radius 2 is 1.77 bits per heavy atom. The van der Waals surface area contributed by atoms with Gasteiger partial charge in [0.25, 0.3) is 0 Å². The molecule has 0 heterocycles. The molecular formula is C19H25FO2. The van der Waals surface area contributed by atoms with Crippen LogP contribution in [0.3, 0.4) is 0 Å². The van der Waals surface area contributed by atoms with Gasteiger partial charge in [-0.15, -0.1) is 0 Å². The van der Waals surface area contributed by atoms with Crippen molar-refractivity contribution in [3.05, 3.63) is 79.2 Å². The maximum Gasteiger partial charge on any atom is 0.366 e. The minimum Gasteiger partial charge on any atom is -0.464 e. The normalized spacial score (nSPS) is 9.77. The summed E-state index contributed by atoms with van der Waals surface area (Å²) in [6.45, 7) is 12.4. The van der Waals surface area contributed by atoms with Gasteiger partial charge in [-0.05, 0) is 18.1 Å². The number of hydrogen-bond donors (Lipinski definition) is 0. The monoisotopic (exact) mass is 304 g/mol. The van der Waals surface area contributed by atoms with Crippen molar-refractivity contribution in [2.75, 3.05) is 7.11 Å². The van der Waals surface area contributed by atoms with Crippen LogP contribution < -0.4 is 0 Å². The molecule has 1 aromatic rings. The zero-order valence-electron chi connectivity index (χ0n) is 13.8. The number of ether oxygens (including phenoxy) is 1. The van der Waals surface area contributed by atoms with Crippen LogP contribution in [0.5, 0.6) is 0 Å². The summed E-state index contributed by atoms with van der Waals surface area (Å²) in [5, 5.41) is 0. The van der Waals surface area contributed by atoms with Crippen molar-refractivity contribution in [2.45, 2.75) is 20.8 Å². The third-order valence-electron chi connectivity index (χ3n) is 2.24. The predicted octanol–water partition coefficient (Wildman–Crippen LogP) is 5.50. The second-order valence-electron chi connectivity index (χ2n) is 3.60. The fraction of sp³-hybridized carbons (Fsp3) is 0.211.